The Hall–Kier alpha value is -1.31. The molecular weight excluding hydrogens is 316 g/mol. The first-order chi connectivity index (χ1) is 10.9. The van der Waals surface area contributed by atoms with Crippen molar-refractivity contribution in [1.29, 1.82) is 5.41 Å². The summed E-state index contributed by atoms with van der Waals surface area (Å²) in [6, 6.07) is 0.127. The standard InChI is InChI=1S/C16H26N2O4S/c1-10(14(21-4)8-16(19)22-5)13(20-3)6-7-15-18-12(9-23-15)11(2)17/h6-8,10,12-13,15,17-18H,9H2,1-5H3/b7-6+,14-8+,17-11?/t10-,12?,13+,15?/m1/s1. The third-order valence-electron chi connectivity index (χ3n) is 3.72. The van der Waals surface area contributed by atoms with Gasteiger partial charge >= 0.3 is 5.97 Å². The zero-order chi connectivity index (χ0) is 17.4. The van der Waals surface area contributed by atoms with E-state index < -0.39 is 5.97 Å². The van der Waals surface area contributed by atoms with Gasteiger partial charge in [-0.3, -0.25) is 5.32 Å². The maximum Gasteiger partial charge on any atom is 0.333 e. The largest absolute Gasteiger partial charge is 0.500 e. The highest BCUT2D eigenvalue weighted by atomic mass is 32.2. The van der Waals surface area contributed by atoms with Gasteiger partial charge < -0.3 is 19.6 Å². The average molecular weight is 342 g/mol. The summed E-state index contributed by atoms with van der Waals surface area (Å²) in [7, 11) is 4.47. The zero-order valence-corrected chi connectivity index (χ0v) is 15.1. The van der Waals surface area contributed by atoms with Gasteiger partial charge in [-0.15, -0.1) is 11.8 Å². The summed E-state index contributed by atoms with van der Waals surface area (Å²) in [5.41, 5.74) is 0.646. The molecule has 4 atom stereocenters. The monoisotopic (exact) mass is 342 g/mol. The van der Waals surface area contributed by atoms with E-state index in [9.17, 15) is 4.79 Å². The molecule has 2 N–H and O–H groups in total. The van der Waals surface area contributed by atoms with Crippen LogP contribution < -0.4 is 5.32 Å². The Morgan fingerprint density at radius 3 is 2.52 bits per heavy atom. The highest BCUT2D eigenvalue weighted by molar-refractivity contribution is 8.00. The van der Waals surface area contributed by atoms with Crippen LogP contribution in [-0.4, -0.2) is 56.3 Å². The minimum atomic E-state index is -0.454. The summed E-state index contributed by atoms with van der Waals surface area (Å²) in [5, 5.41) is 11.2. The van der Waals surface area contributed by atoms with E-state index in [4.69, 9.17) is 14.9 Å². The summed E-state index contributed by atoms with van der Waals surface area (Å²) in [6.07, 6.45) is 5.10. The number of esters is 1. The molecular formula is C16H26N2O4S. The highest BCUT2D eigenvalue weighted by Crippen LogP contribution is 2.23. The number of methoxy groups -OCH3 is 3. The number of carbonyl (C=O) groups excluding carboxylic acids is 1. The second-order valence-electron chi connectivity index (χ2n) is 5.30. The Kier molecular flexibility index (Phi) is 8.36. The Bertz CT molecular complexity index is 479. The van der Waals surface area contributed by atoms with Crippen LogP contribution in [0.3, 0.4) is 0 Å². The van der Waals surface area contributed by atoms with E-state index in [1.54, 1.807) is 18.9 Å². The van der Waals surface area contributed by atoms with E-state index in [0.717, 1.165) is 5.75 Å². The maximum atomic E-state index is 11.4. The summed E-state index contributed by atoms with van der Waals surface area (Å²) in [5.74, 6) is 0.814. The number of hydrogen-bond donors (Lipinski definition) is 2. The molecule has 1 rings (SSSR count). The number of hydrogen-bond acceptors (Lipinski definition) is 7. The number of carbonyl (C=O) groups is 1. The van der Waals surface area contributed by atoms with Gasteiger partial charge in [-0.05, 0) is 6.92 Å². The van der Waals surface area contributed by atoms with Crippen molar-refractivity contribution in [2.24, 2.45) is 5.92 Å². The Morgan fingerprint density at radius 2 is 2.04 bits per heavy atom. The van der Waals surface area contributed by atoms with Crippen molar-refractivity contribution in [3.05, 3.63) is 24.0 Å². The molecule has 0 aromatic heterocycles. The fraction of sp³-hybridized carbons (Fsp3) is 0.625. The van der Waals surface area contributed by atoms with Crippen LogP contribution in [0.25, 0.3) is 0 Å². The van der Waals surface area contributed by atoms with E-state index in [1.807, 2.05) is 26.0 Å². The van der Waals surface area contributed by atoms with Gasteiger partial charge in [0.15, 0.2) is 0 Å². The van der Waals surface area contributed by atoms with Crippen molar-refractivity contribution >= 4 is 23.4 Å². The molecule has 7 heteroatoms. The minimum absolute atomic E-state index is 0.127. The fourth-order valence-corrected chi connectivity index (χ4v) is 3.44. The molecule has 1 aliphatic heterocycles. The van der Waals surface area contributed by atoms with Gasteiger partial charge in [0.1, 0.15) is 5.76 Å². The number of rotatable bonds is 8. The predicted molar refractivity (Wildman–Crippen MR) is 92.8 cm³/mol. The molecule has 0 radical (unpaired) electrons. The van der Waals surface area contributed by atoms with Crippen molar-refractivity contribution in [3.63, 3.8) is 0 Å². The lowest BCUT2D eigenvalue weighted by molar-refractivity contribution is -0.135. The lowest BCUT2D eigenvalue weighted by Gasteiger charge is -2.22. The summed E-state index contributed by atoms with van der Waals surface area (Å²) in [4.78, 5) is 11.4. The van der Waals surface area contributed by atoms with Crippen LogP contribution in [-0.2, 0) is 19.0 Å². The molecule has 0 bridgehead atoms. The first-order valence-electron chi connectivity index (χ1n) is 7.40. The number of ether oxygens (including phenoxy) is 3. The van der Waals surface area contributed by atoms with Crippen LogP contribution in [0.1, 0.15) is 13.8 Å². The van der Waals surface area contributed by atoms with E-state index in [0.29, 0.717) is 11.5 Å². The van der Waals surface area contributed by atoms with Gasteiger partial charge in [0.2, 0.25) is 0 Å². The molecule has 0 amide bonds. The first kappa shape index (κ1) is 19.7. The Balaban J connectivity index is 2.72. The van der Waals surface area contributed by atoms with Crippen molar-refractivity contribution in [2.75, 3.05) is 27.1 Å². The SMILES string of the molecule is COC(=O)/C=C(/OC)[C@H](C)[C@H](/C=C/C1NC(C(C)=N)CS1)OC. The normalized spacial score (nSPS) is 24.5. The highest BCUT2D eigenvalue weighted by Gasteiger charge is 2.25. The third-order valence-corrected chi connectivity index (χ3v) is 4.90. The first-order valence-corrected chi connectivity index (χ1v) is 8.45. The zero-order valence-electron chi connectivity index (χ0n) is 14.3. The van der Waals surface area contributed by atoms with Crippen molar-refractivity contribution in [1.82, 2.24) is 5.32 Å². The molecule has 1 fully saturated rings. The number of thioether (sulfide) groups is 1. The molecule has 0 aliphatic carbocycles. The van der Waals surface area contributed by atoms with Crippen LogP contribution in [0.15, 0.2) is 24.0 Å². The number of nitrogens with one attached hydrogen (secondary N) is 2. The molecule has 0 spiro atoms. The van der Waals surface area contributed by atoms with E-state index in [1.165, 1.54) is 20.3 Å². The lowest BCUT2D eigenvalue weighted by Crippen LogP contribution is -2.34. The van der Waals surface area contributed by atoms with Gasteiger partial charge in [-0.1, -0.05) is 19.1 Å². The van der Waals surface area contributed by atoms with E-state index in [-0.39, 0.29) is 23.4 Å². The quantitative estimate of drug-likeness (QED) is 0.231. The van der Waals surface area contributed by atoms with Crippen LogP contribution in [0.2, 0.25) is 0 Å². The van der Waals surface area contributed by atoms with Crippen molar-refractivity contribution in [3.8, 4) is 0 Å². The van der Waals surface area contributed by atoms with E-state index >= 15 is 0 Å². The third kappa shape index (κ3) is 6.01. The smallest absolute Gasteiger partial charge is 0.333 e. The molecule has 6 nitrogen and oxygen atoms in total. The van der Waals surface area contributed by atoms with Gasteiger partial charge in [0.25, 0.3) is 0 Å². The molecule has 23 heavy (non-hydrogen) atoms. The molecule has 0 saturated carbocycles. The lowest BCUT2D eigenvalue weighted by atomic mass is 10.0. The Morgan fingerprint density at radius 1 is 1.35 bits per heavy atom. The second-order valence-corrected chi connectivity index (χ2v) is 6.48. The van der Waals surface area contributed by atoms with Gasteiger partial charge in [0, 0.05) is 24.5 Å². The average Bonchev–Trinajstić information content (AvgIpc) is 3.01. The van der Waals surface area contributed by atoms with Crippen LogP contribution >= 0.6 is 11.8 Å². The van der Waals surface area contributed by atoms with Crippen LogP contribution in [0.4, 0.5) is 0 Å². The molecule has 1 saturated heterocycles. The van der Waals surface area contributed by atoms with Crippen molar-refractivity contribution in [2.45, 2.75) is 31.4 Å². The van der Waals surface area contributed by atoms with Gasteiger partial charge in [-0.2, -0.15) is 0 Å². The summed E-state index contributed by atoms with van der Waals surface area (Å²) < 4.78 is 15.4. The molecule has 130 valence electrons. The second kappa shape index (κ2) is 9.75. The molecule has 0 aromatic rings. The molecule has 1 aliphatic rings. The fourth-order valence-electron chi connectivity index (χ4n) is 2.23. The van der Waals surface area contributed by atoms with Crippen LogP contribution in [0, 0.1) is 11.3 Å². The topological polar surface area (TPSA) is 80.6 Å². The molecule has 2 unspecified atom stereocenters. The predicted octanol–water partition coefficient (Wildman–Crippen LogP) is 1.97. The summed E-state index contributed by atoms with van der Waals surface area (Å²) >= 11 is 1.76. The van der Waals surface area contributed by atoms with Crippen LogP contribution in [0.5, 0.6) is 0 Å². The summed E-state index contributed by atoms with van der Waals surface area (Å²) in [6.45, 7) is 3.74. The Labute approximate surface area is 142 Å². The van der Waals surface area contributed by atoms with Gasteiger partial charge in [0.05, 0.1) is 37.8 Å². The molecule has 0 aromatic carbocycles. The van der Waals surface area contributed by atoms with Gasteiger partial charge in [-0.25, -0.2) is 4.79 Å². The minimum Gasteiger partial charge on any atom is -0.500 e. The van der Waals surface area contributed by atoms with Crippen molar-refractivity contribution < 1.29 is 19.0 Å². The maximum absolute atomic E-state index is 11.4. The molecule has 1 heterocycles. The van der Waals surface area contributed by atoms with E-state index in [2.05, 4.69) is 10.1 Å².